The first-order valence-electron chi connectivity index (χ1n) is 6.93. The first kappa shape index (κ1) is 14.9. The lowest BCUT2D eigenvalue weighted by molar-refractivity contribution is -0.121. The fourth-order valence-corrected chi connectivity index (χ4v) is 2.46. The monoisotopic (exact) mass is 280 g/mol. The first-order valence-corrected chi connectivity index (χ1v) is 6.93. The third-order valence-electron chi connectivity index (χ3n) is 3.72. The lowest BCUT2D eigenvalue weighted by Gasteiger charge is -2.32. The molecule has 0 bridgehead atoms. The van der Waals surface area contributed by atoms with Crippen LogP contribution in [0.1, 0.15) is 24.0 Å². The summed E-state index contributed by atoms with van der Waals surface area (Å²) in [6, 6.07) is 4.40. The van der Waals surface area contributed by atoms with Gasteiger partial charge in [0, 0.05) is 13.1 Å². The Morgan fingerprint density at radius 3 is 3.00 bits per heavy atom. The summed E-state index contributed by atoms with van der Waals surface area (Å²) in [6.07, 6.45) is 1.80. The fraction of sp³-hybridized carbons (Fsp3) is 0.533. The van der Waals surface area contributed by atoms with E-state index in [4.69, 9.17) is 0 Å². The van der Waals surface area contributed by atoms with Crippen molar-refractivity contribution in [2.45, 2.75) is 31.8 Å². The highest BCUT2D eigenvalue weighted by molar-refractivity contribution is 5.79. The van der Waals surface area contributed by atoms with E-state index in [1.165, 1.54) is 12.1 Å². The standard InChI is InChI=1S/C15H21FN2O2/c1-11-7-13(16)4-3-12(11)8-14(19)18-10-15(20)5-2-6-17-9-15/h3-4,7,17,20H,2,5-6,8-10H2,1H3,(H,18,19). The molecule has 1 saturated heterocycles. The lowest BCUT2D eigenvalue weighted by Crippen LogP contribution is -2.53. The summed E-state index contributed by atoms with van der Waals surface area (Å²) >= 11 is 0. The van der Waals surface area contributed by atoms with Crippen LogP contribution in [0, 0.1) is 12.7 Å². The second kappa shape index (κ2) is 6.33. The smallest absolute Gasteiger partial charge is 0.224 e. The second-order valence-corrected chi connectivity index (χ2v) is 5.53. The maximum atomic E-state index is 13.0. The van der Waals surface area contributed by atoms with Crippen molar-refractivity contribution in [2.75, 3.05) is 19.6 Å². The zero-order valence-corrected chi connectivity index (χ0v) is 11.7. The van der Waals surface area contributed by atoms with Crippen LogP contribution in [-0.4, -0.2) is 36.2 Å². The molecule has 1 aromatic rings. The SMILES string of the molecule is Cc1cc(F)ccc1CC(=O)NCC1(O)CCCNC1. The number of benzene rings is 1. The molecule has 3 N–H and O–H groups in total. The minimum atomic E-state index is -0.855. The van der Waals surface area contributed by atoms with Crippen LogP contribution < -0.4 is 10.6 Å². The molecular weight excluding hydrogens is 259 g/mol. The molecule has 1 amide bonds. The quantitative estimate of drug-likeness (QED) is 0.768. The van der Waals surface area contributed by atoms with Crippen molar-refractivity contribution in [3.63, 3.8) is 0 Å². The Kier molecular flexibility index (Phi) is 4.73. The molecule has 1 aliphatic heterocycles. The van der Waals surface area contributed by atoms with Gasteiger partial charge in [0.05, 0.1) is 12.0 Å². The third kappa shape index (κ3) is 4.02. The van der Waals surface area contributed by atoms with Crippen LogP contribution in [0.4, 0.5) is 4.39 Å². The van der Waals surface area contributed by atoms with E-state index in [1.807, 2.05) is 0 Å². The van der Waals surface area contributed by atoms with E-state index in [0.717, 1.165) is 24.1 Å². The average Bonchev–Trinajstić information content (AvgIpc) is 2.41. The number of β-amino-alcohol motifs (C(OH)–C–C–N with tert-alkyl or cyclic N) is 1. The normalized spacial score (nSPS) is 22.6. The predicted molar refractivity (Wildman–Crippen MR) is 74.9 cm³/mol. The zero-order chi connectivity index (χ0) is 14.6. The summed E-state index contributed by atoms with van der Waals surface area (Å²) in [5.74, 6) is -0.451. The molecule has 0 spiro atoms. The van der Waals surface area contributed by atoms with E-state index in [-0.39, 0.29) is 24.7 Å². The van der Waals surface area contributed by atoms with Crippen LogP contribution in [-0.2, 0) is 11.2 Å². The number of nitrogens with one attached hydrogen (secondary N) is 2. The summed E-state index contributed by atoms with van der Waals surface area (Å²) in [7, 11) is 0. The number of halogens is 1. The van der Waals surface area contributed by atoms with E-state index in [0.29, 0.717) is 13.0 Å². The highest BCUT2D eigenvalue weighted by Crippen LogP contribution is 2.15. The van der Waals surface area contributed by atoms with Crippen molar-refractivity contribution in [3.8, 4) is 0 Å². The van der Waals surface area contributed by atoms with E-state index < -0.39 is 5.60 Å². The van der Waals surface area contributed by atoms with Crippen LogP contribution >= 0.6 is 0 Å². The highest BCUT2D eigenvalue weighted by Gasteiger charge is 2.29. The van der Waals surface area contributed by atoms with Gasteiger partial charge in [-0.3, -0.25) is 4.79 Å². The fourth-order valence-electron chi connectivity index (χ4n) is 2.46. The average molecular weight is 280 g/mol. The molecule has 110 valence electrons. The Morgan fingerprint density at radius 2 is 2.35 bits per heavy atom. The summed E-state index contributed by atoms with van der Waals surface area (Å²) in [4.78, 5) is 11.9. The zero-order valence-electron chi connectivity index (χ0n) is 11.7. The number of aliphatic hydroxyl groups is 1. The minimum absolute atomic E-state index is 0.154. The van der Waals surface area contributed by atoms with Gasteiger partial charge < -0.3 is 15.7 Å². The van der Waals surface area contributed by atoms with Crippen molar-refractivity contribution >= 4 is 5.91 Å². The van der Waals surface area contributed by atoms with E-state index in [1.54, 1.807) is 13.0 Å². The maximum absolute atomic E-state index is 13.0. The van der Waals surface area contributed by atoms with Crippen molar-refractivity contribution < 1.29 is 14.3 Å². The van der Waals surface area contributed by atoms with Gasteiger partial charge in [-0.15, -0.1) is 0 Å². The van der Waals surface area contributed by atoms with Crippen molar-refractivity contribution in [1.29, 1.82) is 0 Å². The van der Waals surface area contributed by atoms with E-state index >= 15 is 0 Å². The number of rotatable bonds is 4. The van der Waals surface area contributed by atoms with Gasteiger partial charge in [0.2, 0.25) is 5.91 Å². The van der Waals surface area contributed by atoms with Crippen LogP contribution in [0.15, 0.2) is 18.2 Å². The molecule has 1 atom stereocenters. The molecule has 0 aromatic heterocycles. The molecule has 1 fully saturated rings. The number of hydrogen-bond donors (Lipinski definition) is 3. The van der Waals surface area contributed by atoms with Gasteiger partial charge in [-0.2, -0.15) is 0 Å². The topological polar surface area (TPSA) is 61.4 Å². The van der Waals surface area contributed by atoms with Crippen molar-refractivity contribution in [2.24, 2.45) is 0 Å². The third-order valence-corrected chi connectivity index (χ3v) is 3.72. The Balaban J connectivity index is 1.86. The summed E-state index contributed by atoms with van der Waals surface area (Å²) in [6.45, 7) is 3.44. The van der Waals surface area contributed by atoms with Crippen molar-refractivity contribution in [1.82, 2.24) is 10.6 Å². The molecule has 0 radical (unpaired) electrons. The molecular formula is C15H21FN2O2. The largest absolute Gasteiger partial charge is 0.387 e. The van der Waals surface area contributed by atoms with Gasteiger partial charge in [-0.05, 0) is 49.6 Å². The minimum Gasteiger partial charge on any atom is -0.387 e. The molecule has 0 saturated carbocycles. The summed E-state index contributed by atoms with van der Waals surface area (Å²) < 4.78 is 13.0. The first-order chi connectivity index (χ1) is 9.48. The molecule has 20 heavy (non-hydrogen) atoms. The van der Waals surface area contributed by atoms with E-state index in [9.17, 15) is 14.3 Å². The summed E-state index contributed by atoms with van der Waals surface area (Å²) in [5, 5.41) is 16.1. The van der Waals surface area contributed by atoms with Crippen LogP contribution in [0.3, 0.4) is 0 Å². The maximum Gasteiger partial charge on any atom is 0.224 e. The van der Waals surface area contributed by atoms with Crippen molar-refractivity contribution in [3.05, 3.63) is 35.1 Å². The number of carbonyl (C=O) groups excluding carboxylic acids is 1. The van der Waals surface area contributed by atoms with E-state index in [2.05, 4.69) is 10.6 Å². The number of carbonyl (C=O) groups is 1. The van der Waals surface area contributed by atoms with Gasteiger partial charge in [0.25, 0.3) is 0 Å². The Labute approximate surface area is 118 Å². The van der Waals surface area contributed by atoms with Gasteiger partial charge in [0.15, 0.2) is 0 Å². The Bertz CT molecular complexity index is 485. The van der Waals surface area contributed by atoms with Crippen LogP contribution in [0.25, 0.3) is 0 Å². The molecule has 5 heteroatoms. The number of piperidine rings is 1. The van der Waals surface area contributed by atoms with Crippen LogP contribution in [0.5, 0.6) is 0 Å². The molecule has 1 unspecified atom stereocenters. The van der Waals surface area contributed by atoms with Gasteiger partial charge >= 0.3 is 0 Å². The molecule has 1 aromatic carbocycles. The molecule has 0 aliphatic carbocycles. The van der Waals surface area contributed by atoms with Gasteiger partial charge in [0.1, 0.15) is 5.82 Å². The van der Waals surface area contributed by atoms with Gasteiger partial charge in [-0.25, -0.2) is 4.39 Å². The number of aryl methyl sites for hydroxylation is 1. The predicted octanol–water partition coefficient (Wildman–Crippen LogP) is 0.907. The summed E-state index contributed by atoms with van der Waals surface area (Å²) in [5.41, 5.74) is 0.710. The number of amides is 1. The Hall–Kier alpha value is -1.46. The number of hydrogen-bond acceptors (Lipinski definition) is 3. The second-order valence-electron chi connectivity index (χ2n) is 5.53. The Morgan fingerprint density at radius 1 is 1.55 bits per heavy atom. The molecule has 4 nitrogen and oxygen atoms in total. The van der Waals surface area contributed by atoms with Gasteiger partial charge in [-0.1, -0.05) is 6.07 Å². The molecule has 2 rings (SSSR count). The molecule has 1 aliphatic rings. The van der Waals surface area contributed by atoms with Crippen LogP contribution in [0.2, 0.25) is 0 Å². The highest BCUT2D eigenvalue weighted by atomic mass is 19.1. The molecule has 1 heterocycles. The lowest BCUT2D eigenvalue weighted by atomic mass is 9.94.